The maximum Gasteiger partial charge on any atom is 0.472 e. The number of carboxylic acids is 1. The number of hydrogen-bond acceptors (Lipinski definition) is 11. The van der Waals surface area contributed by atoms with Crippen LogP contribution in [0.5, 0.6) is 0 Å². The molecule has 0 saturated heterocycles. The third-order valence-electron chi connectivity index (χ3n) is 12.0. The van der Waals surface area contributed by atoms with Crippen LogP contribution in [-0.2, 0) is 56.7 Å². The molecule has 2 rings (SSSR count). The predicted molar refractivity (Wildman–Crippen MR) is 278 cm³/mol. The summed E-state index contributed by atoms with van der Waals surface area (Å²) in [6.45, 7) is 3.52. The van der Waals surface area contributed by atoms with Gasteiger partial charge < -0.3 is 34.0 Å². The minimum absolute atomic E-state index is 0.0658. The first-order valence-corrected chi connectivity index (χ1v) is 27.4. The number of carbonyl (C=O) groups is 3. The summed E-state index contributed by atoms with van der Waals surface area (Å²) in [5.74, 6) is -1.78. The molecule has 1 atom stereocenters. The minimum atomic E-state index is -3.94. The fourth-order valence-electron chi connectivity index (χ4n) is 7.56. The second-order valence-electron chi connectivity index (χ2n) is 19.5. The average molecular weight is 1010 g/mol. The number of phosphoric ester groups is 1. The van der Waals surface area contributed by atoms with Gasteiger partial charge in [-0.25, -0.2) is 4.57 Å². The van der Waals surface area contributed by atoms with E-state index in [0.717, 1.165) is 36.8 Å². The lowest BCUT2D eigenvalue weighted by Gasteiger charge is -2.25. The Kier molecular flexibility index (Phi) is 33.1. The zero-order valence-electron chi connectivity index (χ0n) is 42.9. The first-order valence-electron chi connectivity index (χ1n) is 25.4. The highest BCUT2D eigenvalue weighted by atomic mass is 31.2. The third-order valence-corrected chi connectivity index (χ3v) is 13.3. The maximum absolute atomic E-state index is 12.7. The van der Waals surface area contributed by atoms with Crippen molar-refractivity contribution in [3.63, 3.8) is 0 Å². The van der Waals surface area contributed by atoms with E-state index in [1.807, 2.05) is 57.2 Å². The standard InChI is InChI=1S/C52H88N4O11P2/c1-53(33-34-54(2)43-50(59)64-39-32-47-27-29-48(30-28-47)52(61)68)35-36-55(42-49(57)58)44-51(60)65-40-31-46-25-23-45(24-26-46)22-20-18-16-14-12-10-8-6-7-9-11-13-15-17-19-21-38-66-69(62,63)67-41-37-56(3,4)5/h23-30,68H,6-22,31-44H2,1-5H3,(H2-,57,58,61,62,63)/p+1. The molecule has 0 amide bonds. The van der Waals surface area contributed by atoms with Crippen molar-refractivity contribution in [2.75, 3.05) is 114 Å². The fraction of sp³-hybridized carbons (Fsp3) is 0.692. The summed E-state index contributed by atoms with van der Waals surface area (Å²) < 4.78 is 33.7. The molecule has 0 heterocycles. The van der Waals surface area contributed by atoms with Gasteiger partial charge in [-0.1, -0.05) is 147 Å². The molecule has 3 N–H and O–H groups in total. The second kappa shape index (κ2) is 36.8. The van der Waals surface area contributed by atoms with Crippen molar-refractivity contribution in [1.82, 2.24) is 14.7 Å². The number of carboxylic acid groups (broad SMARTS) is 1. The molecule has 2 aromatic carbocycles. The number of ether oxygens (including phenoxy) is 2. The number of benzene rings is 2. The number of quaternary nitrogens is 1. The van der Waals surface area contributed by atoms with Crippen LogP contribution in [0.1, 0.15) is 125 Å². The molecule has 15 nitrogen and oxygen atoms in total. The highest BCUT2D eigenvalue weighted by Gasteiger charge is 2.22. The molecule has 0 aromatic heterocycles. The Bertz CT molecular complexity index is 1760. The Hall–Kier alpha value is -3.07. The molecule has 0 radical (unpaired) electrons. The van der Waals surface area contributed by atoms with E-state index in [4.69, 9.17) is 18.5 Å². The molecule has 392 valence electrons. The van der Waals surface area contributed by atoms with Gasteiger partial charge in [0.1, 0.15) is 13.2 Å². The van der Waals surface area contributed by atoms with Crippen molar-refractivity contribution in [3.8, 4) is 0 Å². The van der Waals surface area contributed by atoms with Gasteiger partial charge >= 0.3 is 25.7 Å². The Morgan fingerprint density at radius 1 is 0.536 bits per heavy atom. The van der Waals surface area contributed by atoms with Crippen LogP contribution in [-0.4, -0.2) is 172 Å². The molecule has 69 heavy (non-hydrogen) atoms. The summed E-state index contributed by atoms with van der Waals surface area (Å²) in [6, 6.07) is 15.8. The molecule has 1 unspecified atom stereocenters. The Labute approximate surface area is 417 Å². The molecule has 0 saturated carbocycles. The Morgan fingerprint density at radius 3 is 1.42 bits per heavy atom. The lowest BCUT2D eigenvalue weighted by atomic mass is 10.0. The van der Waals surface area contributed by atoms with E-state index in [2.05, 4.69) is 33.1 Å². The highest BCUT2D eigenvalue weighted by molar-refractivity contribution is 7.47. The number of aryl methyl sites for hydroxylation is 1. The molecule has 0 spiro atoms. The van der Waals surface area contributed by atoms with E-state index in [1.165, 1.54) is 89.0 Å². The smallest absolute Gasteiger partial charge is 0.472 e. The number of esters is 2. The topological polar surface area (TPSA) is 176 Å². The quantitative estimate of drug-likeness (QED) is 0.0250. The van der Waals surface area contributed by atoms with Crippen molar-refractivity contribution in [2.45, 2.75) is 122 Å². The molecular weight excluding hydrogens is 919 g/mol. The summed E-state index contributed by atoms with van der Waals surface area (Å²) in [5, 5.41) is 18.9. The lowest BCUT2D eigenvalue weighted by molar-refractivity contribution is -0.870. The van der Waals surface area contributed by atoms with Crippen LogP contribution in [0.25, 0.3) is 0 Å². The number of nitrogens with zero attached hydrogens (tertiary/aromatic N) is 4. The van der Waals surface area contributed by atoms with E-state index in [0.29, 0.717) is 55.6 Å². The van der Waals surface area contributed by atoms with Gasteiger partial charge in [0, 0.05) is 44.6 Å². The number of unbranched alkanes of at least 4 members (excludes halogenated alkanes) is 15. The minimum Gasteiger partial charge on any atom is -0.480 e. The van der Waals surface area contributed by atoms with Gasteiger partial charge in [-0.05, 0) is 50.0 Å². The number of aliphatic hydroxyl groups excluding tert-OH is 1. The van der Waals surface area contributed by atoms with Gasteiger partial charge in [-0.15, -0.1) is 0 Å². The first-order chi connectivity index (χ1) is 32.9. The summed E-state index contributed by atoms with van der Waals surface area (Å²) in [7, 11) is 8.93. The lowest BCUT2D eigenvalue weighted by Crippen LogP contribution is -2.41. The van der Waals surface area contributed by atoms with Gasteiger partial charge in [-0.2, -0.15) is 0 Å². The number of phosphoric acid groups is 1. The molecule has 0 aliphatic heterocycles. The van der Waals surface area contributed by atoms with Gasteiger partial charge in [0.2, 0.25) is 0 Å². The summed E-state index contributed by atoms with van der Waals surface area (Å²) in [4.78, 5) is 51.8. The van der Waals surface area contributed by atoms with E-state index >= 15 is 0 Å². The van der Waals surface area contributed by atoms with Crippen molar-refractivity contribution in [3.05, 3.63) is 70.8 Å². The molecule has 0 aliphatic rings. The van der Waals surface area contributed by atoms with Crippen LogP contribution < -0.4 is 0 Å². The second-order valence-corrected chi connectivity index (χ2v) is 21.4. The zero-order chi connectivity index (χ0) is 50.8. The van der Waals surface area contributed by atoms with Crippen molar-refractivity contribution in [1.29, 1.82) is 0 Å². The van der Waals surface area contributed by atoms with E-state index in [1.54, 1.807) is 17.0 Å². The van der Waals surface area contributed by atoms with Gasteiger partial charge in [0.25, 0.3) is 0 Å². The zero-order valence-corrected chi connectivity index (χ0v) is 44.8. The molecule has 17 heteroatoms. The number of aliphatic carboxylic acids is 1. The van der Waals surface area contributed by atoms with Crippen LogP contribution in [0.2, 0.25) is 0 Å². The first kappa shape index (κ1) is 62.0. The highest BCUT2D eigenvalue weighted by Crippen LogP contribution is 2.43. The van der Waals surface area contributed by atoms with Gasteiger partial charge in [-0.3, -0.25) is 33.2 Å². The Morgan fingerprint density at radius 2 is 0.942 bits per heavy atom. The van der Waals surface area contributed by atoms with Crippen LogP contribution in [0.15, 0.2) is 48.5 Å². The van der Waals surface area contributed by atoms with Crippen LogP contribution in [0.4, 0.5) is 0 Å². The van der Waals surface area contributed by atoms with Crippen molar-refractivity contribution in [2.24, 2.45) is 0 Å². The average Bonchev–Trinajstić information content (AvgIpc) is 3.28. The molecule has 0 fully saturated rings. The summed E-state index contributed by atoms with van der Waals surface area (Å²) in [6.07, 6.45) is 21.8. The predicted octanol–water partition coefficient (Wildman–Crippen LogP) is 8.43. The number of rotatable bonds is 43. The monoisotopic (exact) mass is 1010 g/mol. The number of aliphatic hydroxyl groups is 1. The number of likely N-dealkylation sites (N-methyl/N-ethyl adjacent to an activating group) is 3. The van der Waals surface area contributed by atoms with E-state index < -0.39 is 19.8 Å². The summed E-state index contributed by atoms with van der Waals surface area (Å²) >= 11 is 0. The van der Waals surface area contributed by atoms with Crippen molar-refractivity contribution < 1.29 is 57.1 Å². The van der Waals surface area contributed by atoms with Gasteiger partial charge in [0.05, 0.1) is 66.1 Å². The largest absolute Gasteiger partial charge is 0.480 e. The number of carbonyl (C=O) groups excluding carboxylic acids is 2. The van der Waals surface area contributed by atoms with E-state index in [-0.39, 0.29) is 57.5 Å². The van der Waals surface area contributed by atoms with Crippen molar-refractivity contribution >= 4 is 40.1 Å². The normalized spacial score (nSPS) is 12.7. The van der Waals surface area contributed by atoms with Crippen LogP contribution >= 0.6 is 16.7 Å². The summed E-state index contributed by atoms with van der Waals surface area (Å²) in [5.41, 5.74) is 4.15. The SMILES string of the molecule is CN(CCN(C)CC(=O)OCCc1ccc(C(O)=P)cc1)CCN(CC(=O)O)CC(=O)OCCc1ccc(CCCCCCCCCCCCCCCCCCOP(=O)(O)OCC[N+](C)(C)C)cc1. The molecular formula is C52H89N4O11P2+. The van der Waals surface area contributed by atoms with Crippen LogP contribution in [0, 0.1) is 0 Å². The van der Waals surface area contributed by atoms with E-state index in [9.17, 15) is 34.1 Å². The maximum atomic E-state index is 12.7. The third kappa shape index (κ3) is 34.8. The van der Waals surface area contributed by atoms with Crippen LogP contribution in [0.3, 0.4) is 0 Å². The molecule has 2 aromatic rings. The molecule has 0 aliphatic carbocycles. The number of hydrogen-bond donors (Lipinski definition) is 3. The molecule has 0 bridgehead atoms. The van der Waals surface area contributed by atoms with Gasteiger partial charge in [0.15, 0.2) is 0 Å². The Balaban J connectivity index is 1.44. The fourth-order valence-corrected chi connectivity index (χ4v) is 8.48.